The van der Waals surface area contributed by atoms with Crippen molar-refractivity contribution in [2.24, 2.45) is 0 Å². The molecule has 0 radical (unpaired) electrons. The average molecular weight is 432 g/mol. The smallest absolute Gasteiger partial charge is 0.458 e. The molecule has 0 saturated carbocycles. The highest BCUT2D eigenvalue weighted by atomic mass is 35.5. The zero-order chi connectivity index (χ0) is 20.1. The van der Waals surface area contributed by atoms with Crippen LogP contribution in [0.25, 0.3) is 0 Å². The Balaban J connectivity index is 2.53. The Labute approximate surface area is 168 Å². The number of benzene rings is 2. The minimum absolute atomic E-state index is 0.0684. The second-order valence-corrected chi connectivity index (χ2v) is 7.40. The molecule has 0 aliphatic rings. The van der Waals surface area contributed by atoms with Gasteiger partial charge in [-0.05, 0) is 31.2 Å². The van der Waals surface area contributed by atoms with Gasteiger partial charge in [-0.25, -0.2) is 4.79 Å². The van der Waals surface area contributed by atoms with Crippen molar-refractivity contribution in [1.82, 2.24) is 0 Å². The summed E-state index contributed by atoms with van der Waals surface area (Å²) in [5, 5.41) is 0.123. The average Bonchev–Trinajstić information content (AvgIpc) is 2.67. The fourth-order valence-electron chi connectivity index (χ4n) is 2.43. The molecule has 0 heterocycles. The highest BCUT2D eigenvalue weighted by molar-refractivity contribution is 7.71. The Morgan fingerprint density at radius 2 is 1.41 bits per heavy atom. The van der Waals surface area contributed by atoms with Crippen molar-refractivity contribution in [2.45, 2.75) is 6.92 Å². The summed E-state index contributed by atoms with van der Waals surface area (Å²) in [7, 11) is 1.62. The van der Waals surface area contributed by atoms with Crippen LogP contribution < -0.4 is 24.3 Å². The van der Waals surface area contributed by atoms with E-state index in [1.807, 2.05) is 6.92 Å². The van der Waals surface area contributed by atoms with Gasteiger partial charge in [-0.15, -0.1) is 0 Å². The third-order valence-electron chi connectivity index (χ3n) is 3.64. The molecule has 0 saturated heterocycles. The standard InChI is InChI=1S/C18H18Cl2O6P/c1-5-26-10-6-8-11(9-7-10)27(22)18(21)12-13(19)15(23-2)17(25-4)16(24-3)14(12)20/h6-9H,5H2,1-4H3/q+1. The quantitative estimate of drug-likeness (QED) is 0.563. The van der Waals surface area contributed by atoms with Gasteiger partial charge in [0, 0.05) is 0 Å². The molecule has 0 amide bonds. The molecule has 1 atom stereocenters. The summed E-state index contributed by atoms with van der Waals surface area (Å²) < 4.78 is 33.8. The van der Waals surface area contributed by atoms with Crippen LogP contribution in [-0.2, 0) is 4.57 Å². The summed E-state index contributed by atoms with van der Waals surface area (Å²) in [5.41, 5.74) is -0.897. The number of hydrogen-bond acceptors (Lipinski definition) is 6. The van der Waals surface area contributed by atoms with Gasteiger partial charge >= 0.3 is 13.3 Å². The van der Waals surface area contributed by atoms with Gasteiger partial charge in [0.1, 0.15) is 21.4 Å². The number of methoxy groups -OCH3 is 3. The van der Waals surface area contributed by atoms with E-state index in [9.17, 15) is 9.36 Å². The van der Waals surface area contributed by atoms with Crippen LogP contribution >= 0.6 is 31.0 Å². The Bertz CT molecular complexity index is 836. The maximum absolute atomic E-state index is 12.9. The zero-order valence-corrected chi connectivity index (χ0v) is 17.6. The van der Waals surface area contributed by atoms with E-state index in [1.165, 1.54) is 21.3 Å². The summed E-state index contributed by atoms with van der Waals surface area (Å²) in [6.07, 6.45) is 0. The van der Waals surface area contributed by atoms with Crippen molar-refractivity contribution in [3.05, 3.63) is 39.9 Å². The normalized spacial score (nSPS) is 11.0. The lowest BCUT2D eigenvalue weighted by Gasteiger charge is -2.16. The second kappa shape index (κ2) is 9.27. The molecule has 6 nitrogen and oxygen atoms in total. The molecule has 0 spiro atoms. The summed E-state index contributed by atoms with van der Waals surface area (Å²) in [6, 6.07) is 6.39. The highest BCUT2D eigenvalue weighted by Crippen LogP contribution is 2.51. The van der Waals surface area contributed by atoms with E-state index in [0.29, 0.717) is 17.7 Å². The first-order valence-electron chi connectivity index (χ1n) is 7.82. The lowest BCUT2D eigenvalue weighted by Crippen LogP contribution is -2.08. The van der Waals surface area contributed by atoms with Gasteiger partial charge in [0.2, 0.25) is 5.75 Å². The fourth-order valence-corrected chi connectivity index (χ4v) is 4.37. The van der Waals surface area contributed by atoms with Gasteiger partial charge in [-0.1, -0.05) is 27.8 Å². The molecule has 0 aliphatic carbocycles. The van der Waals surface area contributed by atoms with Crippen LogP contribution in [0.4, 0.5) is 0 Å². The third-order valence-corrected chi connectivity index (χ3v) is 5.72. The lowest BCUT2D eigenvalue weighted by molar-refractivity contribution is 0.107. The van der Waals surface area contributed by atoms with E-state index in [0.717, 1.165) is 0 Å². The number of ether oxygens (including phenoxy) is 4. The second-order valence-electron chi connectivity index (χ2n) is 5.13. The molecule has 2 rings (SSSR count). The molecule has 9 heteroatoms. The Hall–Kier alpha value is -2.01. The summed E-state index contributed by atoms with van der Waals surface area (Å²) in [4.78, 5) is 12.9. The largest absolute Gasteiger partial charge is 0.494 e. The molecule has 0 aromatic heterocycles. The molecule has 0 fully saturated rings. The zero-order valence-electron chi connectivity index (χ0n) is 15.2. The fraction of sp³-hybridized carbons (Fsp3) is 0.278. The maximum Gasteiger partial charge on any atom is 0.458 e. The van der Waals surface area contributed by atoms with Crippen LogP contribution in [0.3, 0.4) is 0 Å². The van der Waals surface area contributed by atoms with E-state index in [1.54, 1.807) is 24.3 Å². The Kier molecular flexibility index (Phi) is 7.31. The van der Waals surface area contributed by atoms with Crippen molar-refractivity contribution in [3.63, 3.8) is 0 Å². The van der Waals surface area contributed by atoms with Gasteiger partial charge in [0.05, 0.1) is 27.9 Å². The first-order valence-corrected chi connectivity index (χ1v) is 9.84. The summed E-state index contributed by atoms with van der Waals surface area (Å²) >= 11 is 12.6. The predicted molar refractivity (Wildman–Crippen MR) is 105 cm³/mol. The van der Waals surface area contributed by atoms with Gasteiger partial charge in [0.15, 0.2) is 16.8 Å². The van der Waals surface area contributed by atoms with E-state index in [4.69, 9.17) is 42.1 Å². The predicted octanol–water partition coefficient (Wildman–Crippen LogP) is 4.71. The Morgan fingerprint density at radius 3 is 1.81 bits per heavy atom. The topological polar surface area (TPSA) is 71.1 Å². The third kappa shape index (κ3) is 4.13. The van der Waals surface area contributed by atoms with Crippen molar-refractivity contribution in [1.29, 1.82) is 0 Å². The van der Waals surface area contributed by atoms with Crippen molar-refractivity contribution >= 4 is 41.8 Å². The maximum atomic E-state index is 12.9. The van der Waals surface area contributed by atoms with Gasteiger partial charge in [0.25, 0.3) is 0 Å². The first kappa shape index (κ1) is 21.3. The number of carbonyl (C=O) groups excluding carboxylic acids is 1. The molecule has 1 unspecified atom stereocenters. The minimum Gasteiger partial charge on any atom is -0.494 e. The van der Waals surface area contributed by atoms with E-state index in [2.05, 4.69) is 0 Å². The molecular formula is C18H18Cl2O6P+. The van der Waals surface area contributed by atoms with E-state index < -0.39 is 13.3 Å². The number of halogens is 2. The van der Waals surface area contributed by atoms with Crippen LogP contribution in [0, 0.1) is 0 Å². The Morgan fingerprint density at radius 1 is 0.926 bits per heavy atom. The molecule has 0 N–H and O–H groups in total. The SMILES string of the molecule is CCOc1ccc([P+](=O)C(=O)c2c(Cl)c(OC)c(OC)c(OC)c2Cl)cc1. The van der Waals surface area contributed by atoms with Crippen LogP contribution in [0.1, 0.15) is 17.3 Å². The molecule has 2 aromatic rings. The van der Waals surface area contributed by atoms with Gasteiger partial charge in [-0.3, -0.25) is 0 Å². The molecule has 0 aliphatic heterocycles. The van der Waals surface area contributed by atoms with Gasteiger partial charge in [-0.2, -0.15) is 0 Å². The van der Waals surface area contributed by atoms with Crippen molar-refractivity contribution < 1.29 is 28.3 Å². The lowest BCUT2D eigenvalue weighted by atomic mass is 10.2. The summed E-state index contributed by atoms with van der Waals surface area (Å²) in [5.74, 6) is 0.890. The molecule has 27 heavy (non-hydrogen) atoms. The molecule has 2 aromatic carbocycles. The summed E-state index contributed by atoms with van der Waals surface area (Å²) in [6.45, 7) is 2.35. The number of rotatable bonds is 8. The van der Waals surface area contributed by atoms with Crippen LogP contribution in [0.5, 0.6) is 23.0 Å². The highest BCUT2D eigenvalue weighted by Gasteiger charge is 2.40. The molecular weight excluding hydrogens is 414 g/mol. The minimum atomic E-state index is -2.48. The monoisotopic (exact) mass is 431 g/mol. The number of carbonyl (C=O) groups is 1. The molecule has 144 valence electrons. The van der Waals surface area contributed by atoms with Crippen LogP contribution in [0.15, 0.2) is 24.3 Å². The first-order chi connectivity index (χ1) is 12.9. The van der Waals surface area contributed by atoms with Crippen LogP contribution in [0.2, 0.25) is 10.0 Å². The van der Waals surface area contributed by atoms with E-state index in [-0.39, 0.29) is 32.9 Å². The van der Waals surface area contributed by atoms with Crippen molar-refractivity contribution in [3.8, 4) is 23.0 Å². The number of hydrogen-bond donors (Lipinski definition) is 0. The van der Waals surface area contributed by atoms with Crippen molar-refractivity contribution in [2.75, 3.05) is 27.9 Å². The van der Waals surface area contributed by atoms with E-state index >= 15 is 0 Å². The van der Waals surface area contributed by atoms with Crippen LogP contribution in [-0.4, -0.2) is 33.5 Å². The molecule has 0 bridgehead atoms. The van der Waals surface area contributed by atoms with Gasteiger partial charge < -0.3 is 18.9 Å².